The molecule has 7 heteroatoms. The molecule has 0 saturated heterocycles. The predicted octanol–water partition coefficient (Wildman–Crippen LogP) is 1.82. The lowest BCUT2D eigenvalue weighted by Gasteiger charge is -2.25. The van der Waals surface area contributed by atoms with Gasteiger partial charge in [0.1, 0.15) is 0 Å². The largest absolute Gasteiger partial charge is 0.454 e. The van der Waals surface area contributed by atoms with E-state index in [2.05, 4.69) is 20.5 Å². The maximum Gasteiger partial charge on any atom is 0.314 e. The molecular weight excluding hydrogens is 344 g/mol. The normalized spacial score (nSPS) is 13.4. The van der Waals surface area contributed by atoms with Crippen LogP contribution < -0.4 is 20.1 Å². The number of hydrogen-bond donors (Lipinski definition) is 2. The van der Waals surface area contributed by atoms with E-state index in [1.807, 2.05) is 50.6 Å². The highest BCUT2D eigenvalue weighted by atomic mass is 16.7. The van der Waals surface area contributed by atoms with Gasteiger partial charge in [-0.25, -0.2) is 4.79 Å². The van der Waals surface area contributed by atoms with Crippen LogP contribution in [0.2, 0.25) is 0 Å². The molecule has 3 rings (SSSR count). The van der Waals surface area contributed by atoms with Gasteiger partial charge < -0.3 is 25.0 Å². The number of fused-ring (bicyclic) bond motifs is 1. The minimum absolute atomic E-state index is 0.143. The van der Waals surface area contributed by atoms with Crippen molar-refractivity contribution in [1.82, 2.24) is 20.5 Å². The number of carbonyl (C=O) groups is 1. The zero-order valence-electron chi connectivity index (χ0n) is 15.8. The van der Waals surface area contributed by atoms with Crippen molar-refractivity contribution >= 4 is 6.03 Å². The number of nitrogens with one attached hydrogen (secondary N) is 2. The van der Waals surface area contributed by atoms with E-state index in [9.17, 15) is 4.79 Å². The molecule has 0 fully saturated rings. The van der Waals surface area contributed by atoms with Crippen LogP contribution >= 0.6 is 0 Å². The number of amides is 2. The van der Waals surface area contributed by atoms with Crippen molar-refractivity contribution in [3.8, 4) is 11.5 Å². The van der Waals surface area contributed by atoms with Crippen LogP contribution in [0.15, 0.2) is 42.7 Å². The van der Waals surface area contributed by atoms with Crippen molar-refractivity contribution in [3.05, 3.63) is 53.9 Å². The summed E-state index contributed by atoms with van der Waals surface area (Å²) in [5, 5.41) is 5.85. The van der Waals surface area contributed by atoms with Gasteiger partial charge in [-0.05, 0) is 50.2 Å². The van der Waals surface area contributed by atoms with E-state index >= 15 is 0 Å². The second-order valence-corrected chi connectivity index (χ2v) is 6.72. The van der Waals surface area contributed by atoms with Crippen LogP contribution in [0.3, 0.4) is 0 Å². The Morgan fingerprint density at radius 1 is 1.22 bits per heavy atom. The van der Waals surface area contributed by atoms with Gasteiger partial charge in [-0.1, -0.05) is 18.2 Å². The summed E-state index contributed by atoms with van der Waals surface area (Å²) in [5.41, 5.74) is 2.19. The highest BCUT2D eigenvalue weighted by molar-refractivity contribution is 5.73. The number of carbonyl (C=O) groups excluding carboxylic acids is 1. The van der Waals surface area contributed by atoms with Gasteiger partial charge in [0, 0.05) is 31.5 Å². The number of hydrogen-bond acceptors (Lipinski definition) is 5. The zero-order valence-corrected chi connectivity index (χ0v) is 15.8. The fourth-order valence-corrected chi connectivity index (χ4v) is 2.98. The number of likely N-dealkylation sites (N-methyl/N-ethyl adjacent to an activating group) is 1. The molecule has 0 aliphatic carbocycles. The van der Waals surface area contributed by atoms with Crippen molar-refractivity contribution < 1.29 is 14.3 Å². The van der Waals surface area contributed by atoms with E-state index in [-0.39, 0.29) is 18.9 Å². The number of para-hydroxylation sites is 1. The molecule has 2 amide bonds. The Balaban J connectivity index is 1.47. The summed E-state index contributed by atoms with van der Waals surface area (Å²) in [7, 11) is 4.01. The van der Waals surface area contributed by atoms with Crippen molar-refractivity contribution in [2.45, 2.75) is 18.9 Å². The first kappa shape index (κ1) is 19.0. The van der Waals surface area contributed by atoms with E-state index in [0.29, 0.717) is 13.1 Å². The Morgan fingerprint density at radius 2 is 2.11 bits per heavy atom. The molecule has 0 unspecified atom stereocenters. The smallest absolute Gasteiger partial charge is 0.314 e. The summed E-state index contributed by atoms with van der Waals surface area (Å²) >= 11 is 0. The Bertz CT molecular complexity index is 752. The average Bonchev–Trinajstić information content (AvgIpc) is 3.15. The van der Waals surface area contributed by atoms with Crippen LogP contribution in [0, 0.1) is 0 Å². The van der Waals surface area contributed by atoms with Crippen molar-refractivity contribution in [3.63, 3.8) is 0 Å². The van der Waals surface area contributed by atoms with Gasteiger partial charge in [0.15, 0.2) is 11.5 Å². The van der Waals surface area contributed by atoms with E-state index < -0.39 is 0 Å². The third-order valence-electron chi connectivity index (χ3n) is 4.58. The first-order chi connectivity index (χ1) is 13.1. The molecule has 0 radical (unpaired) electrons. The zero-order chi connectivity index (χ0) is 19.1. The van der Waals surface area contributed by atoms with E-state index in [1.54, 1.807) is 6.20 Å². The SMILES string of the molecule is CN(C)[C@H](CNC(=O)NCCc1cccnc1)Cc1cccc2c1OCO2. The molecule has 2 heterocycles. The van der Waals surface area contributed by atoms with Crippen LogP contribution in [-0.2, 0) is 12.8 Å². The quantitative estimate of drug-likeness (QED) is 0.741. The Morgan fingerprint density at radius 3 is 2.89 bits per heavy atom. The van der Waals surface area contributed by atoms with Crippen molar-refractivity contribution in [2.75, 3.05) is 34.0 Å². The molecule has 2 N–H and O–H groups in total. The molecule has 1 aromatic heterocycles. The summed E-state index contributed by atoms with van der Waals surface area (Å²) in [4.78, 5) is 18.3. The molecule has 0 saturated carbocycles. The number of nitrogens with zero attached hydrogens (tertiary/aromatic N) is 2. The second kappa shape index (κ2) is 9.23. The standard InChI is InChI=1S/C20H26N4O3/c1-24(2)17(11-16-6-3-7-18-19(16)27-14-26-18)13-23-20(25)22-10-8-15-5-4-9-21-12-15/h3-7,9,12,17H,8,10-11,13-14H2,1-2H3,(H2,22,23,25)/t17-/m0/s1. The average molecular weight is 370 g/mol. The van der Waals surface area contributed by atoms with E-state index in [4.69, 9.17) is 9.47 Å². The maximum atomic E-state index is 12.1. The molecule has 27 heavy (non-hydrogen) atoms. The van der Waals surface area contributed by atoms with Gasteiger partial charge in [-0.2, -0.15) is 0 Å². The third kappa shape index (κ3) is 5.34. The van der Waals surface area contributed by atoms with Gasteiger partial charge in [-0.3, -0.25) is 4.98 Å². The summed E-state index contributed by atoms with van der Waals surface area (Å²) in [6, 6.07) is 9.79. The van der Waals surface area contributed by atoms with Gasteiger partial charge >= 0.3 is 6.03 Å². The lowest BCUT2D eigenvalue weighted by Crippen LogP contribution is -2.45. The molecule has 0 bridgehead atoms. The first-order valence-electron chi connectivity index (χ1n) is 9.08. The Kier molecular flexibility index (Phi) is 6.49. The molecular formula is C20H26N4O3. The topological polar surface area (TPSA) is 75.7 Å². The molecule has 1 aliphatic heterocycles. The molecule has 1 atom stereocenters. The number of ether oxygens (including phenoxy) is 2. The fraction of sp³-hybridized carbons (Fsp3) is 0.400. The van der Waals surface area contributed by atoms with Crippen molar-refractivity contribution in [2.24, 2.45) is 0 Å². The lowest BCUT2D eigenvalue weighted by atomic mass is 10.0. The van der Waals surface area contributed by atoms with Gasteiger partial charge in [-0.15, -0.1) is 0 Å². The molecule has 1 aromatic carbocycles. The van der Waals surface area contributed by atoms with Gasteiger partial charge in [0.25, 0.3) is 0 Å². The Labute approximate surface area is 159 Å². The number of pyridine rings is 1. The number of aromatic nitrogens is 1. The molecule has 1 aliphatic rings. The number of urea groups is 1. The van der Waals surface area contributed by atoms with Crippen LogP contribution in [0.4, 0.5) is 4.79 Å². The van der Waals surface area contributed by atoms with Crippen LogP contribution in [0.1, 0.15) is 11.1 Å². The van der Waals surface area contributed by atoms with Crippen LogP contribution in [0.25, 0.3) is 0 Å². The Hall–Kier alpha value is -2.80. The van der Waals surface area contributed by atoms with Crippen LogP contribution in [-0.4, -0.2) is 55.9 Å². The second-order valence-electron chi connectivity index (χ2n) is 6.72. The third-order valence-corrected chi connectivity index (χ3v) is 4.58. The molecule has 144 valence electrons. The van der Waals surface area contributed by atoms with Crippen molar-refractivity contribution in [1.29, 1.82) is 0 Å². The highest BCUT2D eigenvalue weighted by Crippen LogP contribution is 2.36. The summed E-state index contributed by atoms with van der Waals surface area (Å²) in [6.45, 7) is 1.37. The molecule has 0 spiro atoms. The van der Waals surface area contributed by atoms with E-state index in [0.717, 1.165) is 35.5 Å². The van der Waals surface area contributed by atoms with Gasteiger partial charge in [0.2, 0.25) is 6.79 Å². The molecule has 7 nitrogen and oxygen atoms in total. The predicted molar refractivity (Wildman–Crippen MR) is 103 cm³/mol. The minimum atomic E-state index is -0.163. The number of rotatable bonds is 8. The summed E-state index contributed by atoms with van der Waals surface area (Å²) in [6.07, 6.45) is 5.07. The maximum absolute atomic E-state index is 12.1. The first-order valence-corrected chi connectivity index (χ1v) is 9.08. The minimum Gasteiger partial charge on any atom is -0.454 e. The summed E-state index contributed by atoms with van der Waals surface area (Å²) < 4.78 is 11.0. The monoisotopic (exact) mass is 370 g/mol. The fourth-order valence-electron chi connectivity index (χ4n) is 2.98. The summed E-state index contributed by atoms with van der Waals surface area (Å²) in [5.74, 6) is 1.59. The lowest BCUT2D eigenvalue weighted by molar-refractivity contribution is 0.172. The van der Waals surface area contributed by atoms with E-state index in [1.165, 1.54) is 0 Å². The highest BCUT2D eigenvalue weighted by Gasteiger charge is 2.21. The van der Waals surface area contributed by atoms with Crippen LogP contribution in [0.5, 0.6) is 11.5 Å². The van der Waals surface area contributed by atoms with Gasteiger partial charge in [0.05, 0.1) is 0 Å². The molecule has 2 aromatic rings. The number of benzene rings is 1.